The molecule has 0 N–H and O–H groups in total. The summed E-state index contributed by atoms with van der Waals surface area (Å²) in [4.78, 5) is 15.9. The molecular weight excluding hydrogens is 330 g/mol. The molecular formula is C22H26ClNO. The summed E-state index contributed by atoms with van der Waals surface area (Å²) in [5, 5.41) is 0.803. The van der Waals surface area contributed by atoms with E-state index in [1.807, 2.05) is 12.1 Å². The van der Waals surface area contributed by atoms with Crippen molar-refractivity contribution in [2.24, 2.45) is 29.1 Å². The van der Waals surface area contributed by atoms with Crippen molar-refractivity contribution in [1.82, 2.24) is 4.90 Å². The zero-order valence-electron chi connectivity index (χ0n) is 14.7. The highest BCUT2D eigenvalue weighted by Gasteiger charge is 2.64. The fourth-order valence-corrected chi connectivity index (χ4v) is 7.70. The lowest BCUT2D eigenvalue weighted by atomic mass is 9.49. The number of carbonyl (C=O) groups is 1. The van der Waals surface area contributed by atoms with Crippen molar-refractivity contribution in [3.05, 3.63) is 34.9 Å². The van der Waals surface area contributed by atoms with Crippen molar-refractivity contribution in [3.63, 3.8) is 0 Å². The molecule has 1 aliphatic heterocycles. The van der Waals surface area contributed by atoms with Gasteiger partial charge in [0.15, 0.2) is 0 Å². The predicted molar refractivity (Wildman–Crippen MR) is 98.4 cm³/mol. The van der Waals surface area contributed by atoms with Gasteiger partial charge >= 0.3 is 0 Å². The summed E-state index contributed by atoms with van der Waals surface area (Å²) in [6.07, 6.45) is 9.03. The molecule has 132 valence electrons. The summed E-state index contributed by atoms with van der Waals surface area (Å²) in [5.41, 5.74) is 1.65. The molecule has 0 aromatic heterocycles. The number of piperidine rings is 1. The molecule has 5 saturated carbocycles. The molecule has 5 aliphatic carbocycles. The van der Waals surface area contributed by atoms with Crippen LogP contribution in [0.15, 0.2) is 24.3 Å². The Morgan fingerprint density at radius 1 is 0.960 bits per heavy atom. The van der Waals surface area contributed by atoms with Gasteiger partial charge < -0.3 is 4.90 Å². The van der Waals surface area contributed by atoms with Crippen molar-refractivity contribution in [1.29, 1.82) is 0 Å². The molecule has 6 fully saturated rings. The minimum absolute atomic E-state index is 0.0206. The number of amides is 1. The second kappa shape index (κ2) is 4.82. The maximum atomic E-state index is 13.6. The lowest BCUT2D eigenvalue weighted by Crippen LogP contribution is -2.54. The van der Waals surface area contributed by atoms with Gasteiger partial charge in [-0.05, 0) is 86.3 Å². The smallest absolute Gasteiger partial charge is 0.228 e. The van der Waals surface area contributed by atoms with E-state index in [0.29, 0.717) is 11.8 Å². The first-order valence-corrected chi connectivity index (χ1v) is 10.5. The number of likely N-dealkylation sites (tertiary alicyclic amines) is 1. The Balaban J connectivity index is 1.25. The SMILES string of the molecule is O=C(N1CC2CC2(c2ccc(Cl)cc2)C1)C12CC3CC(CC(C3)C1)C2. The number of nitrogens with zero attached hydrogens (tertiary/aromatic N) is 1. The average molecular weight is 356 g/mol. The molecule has 0 spiro atoms. The third kappa shape index (κ3) is 2.07. The van der Waals surface area contributed by atoms with Crippen LogP contribution in [0, 0.1) is 29.1 Å². The molecule has 2 nitrogen and oxygen atoms in total. The van der Waals surface area contributed by atoms with Crippen molar-refractivity contribution in [2.75, 3.05) is 13.1 Å². The summed E-state index contributed by atoms with van der Waals surface area (Å²) in [6.45, 7) is 1.93. The van der Waals surface area contributed by atoms with E-state index in [1.165, 1.54) is 50.5 Å². The maximum absolute atomic E-state index is 13.6. The fourth-order valence-electron chi connectivity index (χ4n) is 7.57. The lowest BCUT2D eigenvalue weighted by Gasteiger charge is -2.56. The number of fused-ring (bicyclic) bond motifs is 1. The first-order valence-electron chi connectivity index (χ1n) is 10.1. The molecule has 25 heavy (non-hydrogen) atoms. The zero-order chi connectivity index (χ0) is 16.8. The monoisotopic (exact) mass is 355 g/mol. The highest BCUT2D eigenvalue weighted by atomic mass is 35.5. The third-order valence-electron chi connectivity index (χ3n) is 8.34. The summed E-state index contributed by atoms with van der Waals surface area (Å²) >= 11 is 6.07. The van der Waals surface area contributed by atoms with Crippen LogP contribution in [0.3, 0.4) is 0 Å². The topological polar surface area (TPSA) is 20.3 Å². The van der Waals surface area contributed by atoms with Crippen LogP contribution in [0.1, 0.15) is 50.5 Å². The van der Waals surface area contributed by atoms with E-state index in [9.17, 15) is 4.79 Å². The van der Waals surface area contributed by atoms with Crippen LogP contribution in [-0.2, 0) is 10.2 Å². The average Bonchev–Trinajstić information content (AvgIpc) is 3.15. The predicted octanol–water partition coefficient (Wildman–Crippen LogP) is 4.66. The second-order valence-electron chi connectivity index (χ2n) is 9.95. The van der Waals surface area contributed by atoms with Crippen LogP contribution in [0.5, 0.6) is 0 Å². The first kappa shape index (κ1) is 15.1. The molecule has 1 saturated heterocycles. The number of halogens is 1. The van der Waals surface area contributed by atoms with Crippen molar-refractivity contribution in [2.45, 2.75) is 50.4 Å². The van der Waals surface area contributed by atoms with Crippen molar-refractivity contribution < 1.29 is 4.79 Å². The van der Waals surface area contributed by atoms with Gasteiger partial charge in [-0.1, -0.05) is 23.7 Å². The standard InChI is InChI=1S/C22H26ClNO/c23-19-3-1-17(2-4-19)22-11-18(22)12-24(13-22)20(25)21-8-14-5-15(9-21)7-16(6-14)10-21/h1-4,14-16,18H,5-13H2. The van der Waals surface area contributed by atoms with Crippen LogP contribution >= 0.6 is 11.6 Å². The van der Waals surface area contributed by atoms with E-state index in [1.54, 1.807) is 0 Å². The van der Waals surface area contributed by atoms with Gasteiger partial charge in [0.2, 0.25) is 5.91 Å². The number of hydrogen-bond donors (Lipinski definition) is 0. The Bertz CT molecular complexity index is 706. The van der Waals surface area contributed by atoms with E-state index in [2.05, 4.69) is 17.0 Å². The van der Waals surface area contributed by atoms with E-state index in [4.69, 9.17) is 11.6 Å². The van der Waals surface area contributed by atoms with Crippen LogP contribution in [-0.4, -0.2) is 23.9 Å². The van der Waals surface area contributed by atoms with Crippen LogP contribution in [0.25, 0.3) is 0 Å². The van der Waals surface area contributed by atoms with Crippen LogP contribution in [0.4, 0.5) is 0 Å². The number of carbonyl (C=O) groups excluding carboxylic acids is 1. The molecule has 1 amide bonds. The van der Waals surface area contributed by atoms with E-state index < -0.39 is 0 Å². The maximum Gasteiger partial charge on any atom is 0.228 e. The highest BCUT2D eigenvalue weighted by molar-refractivity contribution is 6.30. The minimum atomic E-state index is 0.0206. The van der Waals surface area contributed by atoms with Gasteiger partial charge in [-0.2, -0.15) is 0 Å². The molecule has 0 radical (unpaired) electrons. The Morgan fingerprint density at radius 2 is 1.56 bits per heavy atom. The molecule has 2 atom stereocenters. The van der Waals surface area contributed by atoms with Crippen molar-refractivity contribution in [3.8, 4) is 0 Å². The summed E-state index contributed by atoms with van der Waals surface area (Å²) in [7, 11) is 0. The molecule has 1 aromatic carbocycles. The molecule has 6 aliphatic rings. The van der Waals surface area contributed by atoms with E-state index in [-0.39, 0.29) is 10.8 Å². The molecule has 2 unspecified atom stereocenters. The molecule has 1 heterocycles. The Hall–Kier alpha value is -1.02. The van der Waals surface area contributed by atoms with Gasteiger partial charge in [-0.3, -0.25) is 4.79 Å². The normalized spacial score (nSPS) is 46.4. The summed E-state index contributed by atoms with van der Waals surface area (Å²) in [5.74, 6) is 3.73. The van der Waals surface area contributed by atoms with Gasteiger partial charge in [-0.15, -0.1) is 0 Å². The fraction of sp³-hybridized carbons (Fsp3) is 0.682. The number of hydrogen-bond acceptors (Lipinski definition) is 1. The quantitative estimate of drug-likeness (QED) is 0.755. The summed E-state index contributed by atoms with van der Waals surface area (Å²) < 4.78 is 0. The van der Waals surface area contributed by atoms with Crippen LogP contribution < -0.4 is 0 Å². The van der Waals surface area contributed by atoms with Crippen LogP contribution in [0.2, 0.25) is 5.02 Å². The van der Waals surface area contributed by atoms with E-state index >= 15 is 0 Å². The van der Waals surface area contributed by atoms with E-state index in [0.717, 1.165) is 35.9 Å². The number of rotatable bonds is 2. The Kier molecular flexibility index (Phi) is 2.91. The summed E-state index contributed by atoms with van der Waals surface area (Å²) in [6, 6.07) is 8.37. The van der Waals surface area contributed by atoms with Crippen molar-refractivity contribution >= 4 is 17.5 Å². The highest BCUT2D eigenvalue weighted by Crippen LogP contribution is 2.63. The minimum Gasteiger partial charge on any atom is -0.341 e. The molecule has 7 rings (SSSR count). The van der Waals surface area contributed by atoms with Gasteiger partial charge in [0, 0.05) is 23.5 Å². The lowest BCUT2D eigenvalue weighted by molar-refractivity contribution is -0.157. The second-order valence-corrected chi connectivity index (χ2v) is 10.4. The number of benzene rings is 1. The Labute approximate surface area is 154 Å². The Morgan fingerprint density at radius 3 is 2.16 bits per heavy atom. The first-order chi connectivity index (χ1) is 12.1. The van der Waals surface area contributed by atoms with Gasteiger partial charge in [-0.25, -0.2) is 0 Å². The zero-order valence-corrected chi connectivity index (χ0v) is 15.5. The molecule has 3 heteroatoms. The molecule has 1 aromatic rings. The molecule has 4 bridgehead atoms. The third-order valence-corrected chi connectivity index (χ3v) is 8.60. The van der Waals surface area contributed by atoms with Gasteiger partial charge in [0.1, 0.15) is 0 Å². The largest absolute Gasteiger partial charge is 0.341 e. The van der Waals surface area contributed by atoms with Gasteiger partial charge in [0.25, 0.3) is 0 Å². The van der Waals surface area contributed by atoms with Gasteiger partial charge in [0.05, 0.1) is 5.41 Å².